The van der Waals surface area contributed by atoms with Gasteiger partial charge < -0.3 is 10.6 Å². The number of amides is 2. The van der Waals surface area contributed by atoms with E-state index >= 15 is 0 Å². The lowest BCUT2D eigenvalue weighted by atomic mass is 9.62. The van der Waals surface area contributed by atoms with Crippen molar-refractivity contribution >= 4 is 17.5 Å². The molecule has 2 bridgehead atoms. The lowest BCUT2D eigenvalue weighted by Gasteiger charge is -2.43. The number of hydrogen-bond acceptors (Lipinski definition) is 3. The van der Waals surface area contributed by atoms with Gasteiger partial charge in [-0.1, -0.05) is 19.8 Å². The molecule has 2 N–H and O–H groups in total. The summed E-state index contributed by atoms with van der Waals surface area (Å²) in [5.41, 5.74) is 0.641. The fraction of sp³-hybridized carbons (Fsp3) is 0.696. The number of rotatable bonds is 5. The van der Waals surface area contributed by atoms with Crippen LogP contribution in [0.15, 0.2) is 18.3 Å². The number of nitrogens with zero attached hydrogens (tertiary/aromatic N) is 1. The van der Waals surface area contributed by atoms with Crippen LogP contribution in [0.5, 0.6) is 0 Å². The summed E-state index contributed by atoms with van der Waals surface area (Å²) in [6.45, 7) is 8.09. The molecule has 0 spiro atoms. The summed E-state index contributed by atoms with van der Waals surface area (Å²) < 4.78 is 0. The monoisotopic (exact) mass is 385 g/mol. The van der Waals surface area contributed by atoms with E-state index in [1.807, 2.05) is 20.8 Å². The first-order valence-corrected chi connectivity index (χ1v) is 10.8. The van der Waals surface area contributed by atoms with E-state index < -0.39 is 0 Å². The Bertz CT molecular complexity index is 710. The second kappa shape index (κ2) is 8.62. The maximum absolute atomic E-state index is 12.7. The average Bonchev–Trinajstić information content (AvgIpc) is 2.62. The molecule has 2 aliphatic rings. The summed E-state index contributed by atoms with van der Waals surface area (Å²) in [4.78, 5) is 29.1. The van der Waals surface area contributed by atoms with Crippen molar-refractivity contribution in [3.05, 3.63) is 24.0 Å². The largest absolute Gasteiger partial charge is 0.346 e. The molecule has 5 heteroatoms. The predicted octanol–water partition coefficient (Wildman–Crippen LogP) is 4.79. The topological polar surface area (TPSA) is 71.1 Å². The number of nitrogens with one attached hydrogen (secondary N) is 2. The Kier molecular flexibility index (Phi) is 6.41. The van der Waals surface area contributed by atoms with Crippen LogP contribution >= 0.6 is 0 Å². The summed E-state index contributed by atoms with van der Waals surface area (Å²) in [7, 11) is 0. The molecule has 4 atom stereocenters. The molecule has 0 saturated heterocycles. The van der Waals surface area contributed by atoms with E-state index in [9.17, 15) is 9.59 Å². The second-order valence-corrected chi connectivity index (χ2v) is 9.83. The Morgan fingerprint density at radius 2 is 1.96 bits per heavy atom. The van der Waals surface area contributed by atoms with Gasteiger partial charge in [0, 0.05) is 23.8 Å². The highest BCUT2D eigenvalue weighted by atomic mass is 16.2. The van der Waals surface area contributed by atoms with E-state index in [1.165, 1.54) is 38.5 Å². The fourth-order valence-corrected chi connectivity index (χ4v) is 5.01. The molecule has 1 heterocycles. The van der Waals surface area contributed by atoms with Gasteiger partial charge >= 0.3 is 0 Å². The quantitative estimate of drug-likeness (QED) is 0.765. The molecule has 154 valence electrons. The maximum Gasteiger partial charge on any atom is 0.270 e. The normalized spacial score (nSPS) is 27.1. The highest BCUT2D eigenvalue weighted by molar-refractivity contribution is 5.96. The molecule has 5 nitrogen and oxygen atoms in total. The number of pyridine rings is 1. The van der Waals surface area contributed by atoms with Crippen molar-refractivity contribution in [3.63, 3.8) is 0 Å². The van der Waals surface area contributed by atoms with E-state index in [0.29, 0.717) is 29.6 Å². The summed E-state index contributed by atoms with van der Waals surface area (Å²) in [5.74, 6) is 2.75. The average molecular weight is 386 g/mol. The van der Waals surface area contributed by atoms with Gasteiger partial charge in [0.15, 0.2) is 0 Å². The van der Waals surface area contributed by atoms with Crippen molar-refractivity contribution in [1.29, 1.82) is 0 Å². The highest BCUT2D eigenvalue weighted by Gasteiger charge is 2.37. The third-order valence-electron chi connectivity index (χ3n) is 6.34. The summed E-state index contributed by atoms with van der Waals surface area (Å²) >= 11 is 0. The maximum atomic E-state index is 12.7. The summed E-state index contributed by atoms with van der Waals surface area (Å²) in [5, 5.41) is 5.89. The van der Waals surface area contributed by atoms with Crippen molar-refractivity contribution in [1.82, 2.24) is 10.3 Å². The van der Waals surface area contributed by atoms with E-state index in [-0.39, 0.29) is 17.4 Å². The van der Waals surface area contributed by atoms with Gasteiger partial charge in [0.25, 0.3) is 5.91 Å². The van der Waals surface area contributed by atoms with E-state index in [2.05, 4.69) is 22.5 Å². The van der Waals surface area contributed by atoms with Gasteiger partial charge in [-0.05, 0) is 82.3 Å². The van der Waals surface area contributed by atoms with Crippen LogP contribution in [-0.2, 0) is 4.79 Å². The van der Waals surface area contributed by atoms with Crippen LogP contribution in [0.3, 0.4) is 0 Å². The van der Waals surface area contributed by atoms with Crippen LogP contribution in [0.2, 0.25) is 0 Å². The first kappa shape index (κ1) is 20.8. The highest BCUT2D eigenvalue weighted by Crippen LogP contribution is 2.47. The Morgan fingerprint density at radius 3 is 2.68 bits per heavy atom. The molecular weight excluding hydrogens is 350 g/mol. The first-order valence-electron chi connectivity index (χ1n) is 10.8. The number of carbonyl (C=O) groups excluding carboxylic acids is 2. The minimum absolute atomic E-state index is 0.0513. The van der Waals surface area contributed by atoms with Crippen LogP contribution in [0.1, 0.15) is 83.1 Å². The van der Waals surface area contributed by atoms with Crippen molar-refractivity contribution in [2.45, 2.75) is 78.2 Å². The van der Waals surface area contributed by atoms with Gasteiger partial charge in [-0.25, -0.2) is 0 Å². The third kappa shape index (κ3) is 5.55. The Balaban J connectivity index is 1.58. The Labute approximate surface area is 169 Å². The number of aromatic nitrogens is 1. The number of hydrogen-bond donors (Lipinski definition) is 2. The SMILES string of the molecule is CCC1CC2CCC(CC(=O)Nc3ccnc(C(=O)NC(C)(C)C)c3)C(C1)C2. The Morgan fingerprint density at radius 1 is 1.18 bits per heavy atom. The smallest absolute Gasteiger partial charge is 0.270 e. The fourth-order valence-electron chi connectivity index (χ4n) is 5.01. The summed E-state index contributed by atoms with van der Waals surface area (Å²) in [6.07, 6.45) is 9.86. The first-order chi connectivity index (χ1) is 13.2. The molecule has 28 heavy (non-hydrogen) atoms. The predicted molar refractivity (Wildman–Crippen MR) is 112 cm³/mol. The number of carbonyl (C=O) groups is 2. The molecule has 2 saturated carbocycles. The van der Waals surface area contributed by atoms with Gasteiger partial charge in [0.05, 0.1) is 0 Å². The zero-order valence-corrected chi connectivity index (χ0v) is 17.8. The zero-order valence-electron chi connectivity index (χ0n) is 17.8. The lowest BCUT2D eigenvalue weighted by molar-refractivity contribution is -0.118. The molecule has 4 unspecified atom stereocenters. The standard InChI is InChI=1S/C23H35N3O2/c1-5-15-10-16-6-7-17(18(11-15)12-16)13-21(27)25-19-8-9-24-20(14-19)22(28)26-23(2,3)4/h8-9,14-18H,5-7,10-13H2,1-4H3,(H,26,28)(H,24,25,27). The second-order valence-electron chi connectivity index (χ2n) is 9.83. The molecule has 2 amide bonds. The van der Waals surface area contributed by atoms with Crippen molar-refractivity contribution in [2.24, 2.45) is 23.7 Å². The van der Waals surface area contributed by atoms with Crippen molar-refractivity contribution in [2.75, 3.05) is 5.32 Å². The molecule has 1 aromatic rings. The minimum atomic E-state index is -0.326. The molecule has 0 radical (unpaired) electrons. The van der Waals surface area contributed by atoms with E-state index in [4.69, 9.17) is 0 Å². The van der Waals surface area contributed by atoms with Gasteiger partial charge in [-0.15, -0.1) is 0 Å². The number of anilines is 1. The van der Waals surface area contributed by atoms with E-state index in [1.54, 1.807) is 18.3 Å². The molecule has 0 aromatic carbocycles. The molecule has 1 aromatic heterocycles. The van der Waals surface area contributed by atoms with Crippen LogP contribution in [0.4, 0.5) is 5.69 Å². The van der Waals surface area contributed by atoms with Gasteiger partial charge in [0.1, 0.15) is 5.69 Å². The van der Waals surface area contributed by atoms with Gasteiger partial charge in [-0.3, -0.25) is 14.6 Å². The molecular formula is C23H35N3O2. The van der Waals surface area contributed by atoms with Gasteiger partial charge in [-0.2, -0.15) is 0 Å². The van der Waals surface area contributed by atoms with Crippen molar-refractivity contribution < 1.29 is 9.59 Å². The summed E-state index contributed by atoms with van der Waals surface area (Å²) in [6, 6.07) is 3.40. The molecule has 2 fully saturated rings. The molecule has 3 rings (SSSR count). The number of fused-ring (bicyclic) bond motifs is 2. The lowest BCUT2D eigenvalue weighted by Crippen LogP contribution is -2.40. The van der Waals surface area contributed by atoms with Crippen LogP contribution in [-0.4, -0.2) is 22.3 Å². The van der Waals surface area contributed by atoms with E-state index in [0.717, 1.165) is 11.8 Å². The minimum Gasteiger partial charge on any atom is -0.346 e. The zero-order chi connectivity index (χ0) is 20.3. The van der Waals surface area contributed by atoms with Crippen molar-refractivity contribution in [3.8, 4) is 0 Å². The third-order valence-corrected chi connectivity index (χ3v) is 6.34. The molecule has 0 aliphatic heterocycles. The van der Waals surface area contributed by atoms with Crippen LogP contribution in [0.25, 0.3) is 0 Å². The van der Waals surface area contributed by atoms with Crippen LogP contribution in [0, 0.1) is 23.7 Å². The Hall–Kier alpha value is -1.91. The van der Waals surface area contributed by atoms with Gasteiger partial charge in [0.2, 0.25) is 5.91 Å². The van der Waals surface area contributed by atoms with Crippen LogP contribution < -0.4 is 10.6 Å². The molecule has 2 aliphatic carbocycles.